The Kier molecular flexibility index (Phi) is 10.9. The van der Waals surface area contributed by atoms with Gasteiger partial charge in [-0.25, -0.2) is 9.69 Å². The summed E-state index contributed by atoms with van der Waals surface area (Å²) in [7, 11) is 3.79. The standard InChI is InChI=1S/C30H50N4O4/c1-11-14-24(23-17-15-22(6)16-18-23)31-28(37)34-26(36)30(12-2,13-3)27(34)38-29(7,8)25(35)33(10)20-19-32(9)21(4)5/h15-18,21,24,27H,11-14,19-20H2,1-10H3,(H,31,37)/t24-,27?/m1/s1. The first kappa shape index (κ1) is 31.8. The molecule has 38 heavy (non-hydrogen) atoms. The van der Waals surface area contributed by atoms with E-state index in [1.54, 1.807) is 25.8 Å². The van der Waals surface area contributed by atoms with E-state index in [1.807, 2.05) is 52.1 Å². The van der Waals surface area contributed by atoms with Gasteiger partial charge in [0, 0.05) is 26.2 Å². The molecule has 0 radical (unpaired) electrons. The lowest BCUT2D eigenvalue weighted by atomic mass is 9.71. The summed E-state index contributed by atoms with van der Waals surface area (Å²) in [5.41, 5.74) is 0.0851. The minimum absolute atomic E-state index is 0.181. The Morgan fingerprint density at radius 3 is 2.16 bits per heavy atom. The van der Waals surface area contributed by atoms with Gasteiger partial charge >= 0.3 is 6.03 Å². The number of nitrogens with zero attached hydrogens (tertiary/aromatic N) is 3. The van der Waals surface area contributed by atoms with Crippen LogP contribution in [0.3, 0.4) is 0 Å². The molecule has 1 aliphatic rings. The largest absolute Gasteiger partial charge is 0.342 e. The van der Waals surface area contributed by atoms with Crippen LogP contribution in [0.5, 0.6) is 0 Å². The van der Waals surface area contributed by atoms with Gasteiger partial charge in [0.1, 0.15) is 5.60 Å². The van der Waals surface area contributed by atoms with Crippen LogP contribution in [0.1, 0.15) is 91.3 Å². The highest BCUT2D eigenvalue weighted by molar-refractivity contribution is 6.03. The van der Waals surface area contributed by atoms with Crippen molar-refractivity contribution in [3.63, 3.8) is 0 Å². The third-order valence-electron chi connectivity index (χ3n) is 8.12. The number of hydrogen-bond acceptors (Lipinski definition) is 5. The molecule has 0 aliphatic carbocycles. The predicted molar refractivity (Wildman–Crippen MR) is 152 cm³/mol. The van der Waals surface area contributed by atoms with E-state index in [0.29, 0.717) is 25.4 Å². The van der Waals surface area contributed by atoms with Gasteiger partial charge in [-0.2, -0.15) is 0 Å². The summed E-state index contributed by atoms with van der Waals surface area (Å²) in [6.07, 6.45) is 1.84. The van der Waals surface area contributed by atoms with Crippen LogP contribution in [-0.2, 0) is 14.3 Å². The van der Waals surface area contributed by atoms with Crippen molar-refractivity contribution in [1.29, 1.82) is 0 Å². The van der Waals surface area contributed by atoms with Crippen LogP contribution in [0.4, 0.5) is 4.79 Å². The van der Waals surface area contributed by atoms with Crippen LogP contribution in [0.25, 0.3) is 0 Å². The number of likely N-dealkylation sites (tertiary alicyclic amines) is 1. The number of amides is 4. The number of ether oxygens (including phenoxy) is 1. The van der Waals surface area contributed by atoms with Crippen LogP contribution in [0.15, 0.2) is 24.3 Å². The predicted octanol–water partition coefficient (Wildman–Crippen LogP) is 5.11. The summed E-state index contributed by atoms with van der Waals surface area (Å²) in [6, 6.07) is 7.74. The first-order chi connectivity index (χ1) is 17.7. The zero-order chi connectivity index (χ0) is 28.8. The van der Waals surface area contributed by atoms with Gasteiger partial charge in [-0.1, -0.05) is 57.0 Å². The van der Waals surface area contributed by atoms with Crippen LogP contribution < -0.4 is 5.32 Å². The SMILES string of the molecule is CCC[C@@H](NC(=O)N1C(=O)C(CC)(CC)C1OC(C)(C)C(=O)N(C)CCN(C)C(C)C)c1ccc(C)cc1. The number of carbonyl (C=O) groups excluding carboxylic acids is 3. The van der Waals surface area contributed by atoms with Gasteiger partial charge in [0.2, 0.25) is 5.91 Å². The Hall–Kier alpha value is -2.45. The van der Waals surface area contributed by atoms with E-state index < -0.39 is 23.3 Å². The third kappa shape index (κ3) is 6.75. The molecular weight excluding hydrogens is 480 g/mol. The normalized spacial score (nSPS) is 17.9. The number of likely N-dealkylation sites (N-methyl/N-ethyl adjacent to an activating group) is 2. The molecule has 0 saturated carbocycles. The Balaban J connectivity index is 2.24. The molecule has 1 saturated heterocycles. The number of carbonyl (C=O) groups is 3. The molecule has 4 amide bonds. The number of aryl methyl sites for hydroxylation is 1. The van der Waals surface area contributed by atoms with Crippen LogP contribution >= 0.6 is 0 Å². The second kappa shape index (κ2) is 13.1. The molecule has 1 N–H and O–H groups in total. The summed E-state index contributed by atoms with van der Waals surface area (Å²) < 4.78 is 6.42. The molecule has 0 spiro atoms. The average molecular weight is 531 g/mol. The molecule has 1 fully saturated rings. The first-order valence-corrected chi connectivity index (χ1v) is 14.1. The van der Waals surface area contributed by atoms with Crippen molar-refractivity contribution in [2.24, 2.45) is 5.41 Å². The zero-order valence-electron chi connectivity index (χ0n) is 25.3. The maximum absolute atomic E-state index is 13.5. The monoisotopic (exact) mass is 530 g/mol. The van der Waals surface area contributed by atoms with E-state index in [1.165, 1.54) is 4.90 Å². The van der Waals surface area contributed by atoms with E-state index in [-0.39, 0.29) is 17.9 Å². The number of β-lactam (4-membered cyclic amide) rings is 1. The highest BCUT2D eigenvalue weighted by Crippen LogP contribution is 2.47. The van der Waals surface area contributed by atoms with Gasteiger partial charge in [0.15, 0.2) is 6.23 Å². The minimum atomic E-state index is -1.22. The Morgan fingerprint density at radius 2 is 1.66 bits per heavy atom. The maximum Gasteiger partial charge on any atom is 0.326 e. The average Bonchev–Trinajstić information content (AvgIpc) is 2.87. The molecular formula is C30H50N4O4. The second-order valence-corrected chi connectivity index (χ2v) is 11.5. The zero-order valence-corrected chi connectivity index (χ0v) is 25.3. The van der Waals surface area contributed by atoms with Crippen LogP contribution in [0.2, 0.25) is 0 Å². The van der Waals surface area contributed by atoms with E-state index in [0.717, 1.165) is 30.5 Å². The first-order valence-electron chi connectivity index (χ1n) is 14.1. The summed E-state index contributed by atoms with van der Waals surface area (Å²) in [4.78, 5) is 45.4. The number of imide groups is 1. The summed E-state index contributed by atoms with van der Waals surface area (Å²) in [6.45, 7) is 16.9. The highest BCUT2D eigenvalue weighted by atomic mass is 16.5. The second-order valence-electron chi connectivity index (χ2n) is 11.5. The summed E-state index contributed by atoms with van der Waals surface area (Å²) >= 11 is 0. The summed E-state index contributed by atoms with van der Waals surface area (Å²) in [5.74, 6) is -0.432. The maximum atomic E-state index is 13.5. The molecule has 1 aliphatic heterocycles. The lowest BCUT2D eigenvalue weighted by Gasteiger charge is -2.55. The number of benzene rings is 1. The lowest BCUT2D eigenvalue weighted by molar-refractivity contribution is -0.237. The van der Waals surface area contributed by atoms with Gasteiger partial charge in [-0.15, -0.1) is 0 Å². The highest BCUT2D eigenvalue weighted by Gasteiger charge is 2.63. The molecule has 1 aromatic rings. The van der Waals surface area contributed by atoms with Crippen LogP contribution in [-0.4, -0.2) is 77.6 Å². The van der Waals surface area contributed by atoms with Gasteiger partial charge < -0.3 is 19.9 Å². The van der Waals surface area contributed by atoms with Crippen molar-refractivity contribution in [2.45, 2.75) is 105 Å². The van der Waals surface area contributed by atoms with Crippen molar-refractivity contribution in [3.8, 4) is 0 Å². The van der Waals surface area contributed by atoms with Gasteiger partial charge in [-0.05, 0) is 66.5 Å². The lowest BCUT2D eigenvalue weighted by Crippen LogP contribution is -2.74. The Morgan fingerprint density at radius 1 is 1.08 bits per heavy atom. The molecule has 0 bridgehead atoms. The number of nitrogens with one attached hydrogen (secondary N) is 1. The third-order valence-corrected chi connectivity index (χ3v) is 8.12. The Bertz CT molecular complexity index is 956. The fourth-order valence-corrected chi connectivity index (χ4v) is 4.98. The number of rotatable bonds is 13. The van der Waals surface area contributed by atoms with Crippen molar-refractivity contribution < 1.29 is 19.1 Å². The van der Waals surface area contributed by atoms with Crippen molar-refractivity contribution in [3.05, 3.63) is 35.4 Å². The van der Waals surface area contributed by atoms with E-state index >= 15 is 0 Å². The van der Waals surface area contributed by atoms with E-state index in [4.69, 9.17) is 4.74 Å². The number of hydrogen-bond donors (Lipinski definition) is 1. The molecule has 8 nitrogen and oxygen atoms in total. The fourth-order valence-electron chi connectivity index (χ4n) is 4.98. The smallest absolute Gasteiger partial charge is 0.326 e. The van der Waals surface area contributed by atoms with E-state index in [2.05, 4.69) is 31.0 Å². The molecule has 2 rings (SSSR count). The molecule has 214 valence electrons. The topological polar surface area (TPSA) is 82.2 Å². The van der Waals surface area contributed by atoms with Crippen molar-refractivity contribution in [1.82, 2.24) is 20.0 Å². The van der Waals surface area contributed by atoms with E-state index in [9.17, 15) is 14.4 Å². The minimum Gasteiger partial charge on any atom is -0.342 e. The fraction of sp³-hybridized carbons (Fsp3) is 0.700. The molecule has 1 heterocycles. The van der Waals surface area contributed by atoms with Gasteiger partial charge in [0.05, 0.1) is 11.5 Å². The van der Waals surface area contributed by atoms with Crippen molar-refractivity contribution in [2.75, 3.05) is 27.2 Å². The van der Waals surface area contributed by atoms with Crippen LogP contribution in [0, 0.1) is 12.3 Å². The molecule has 1 aromatic carbocycles. The van der Waals surface area contributed by atoms with Gasteiger partial charge in [0.25, 0.3) is 5.91 Å². The van der Waals surface area contributed by atoms with Crippen molar-refractivity contribution >= 4 is 17.8 Å². The molecule has 2 atom stereocenters. The Labute approximate surface area is 230 Å². The molecule has 0 aromatic heterocycles. The number of urea groups is 1. The van der Waals surface area contributed by atoms with Gasteiger partial charge in [-0.3, -0.25) is 9.59 Å². The molecule has 1 unspecified atom stereocenters. The summed E-state index contributed by atoms with van der Waals surface area (Å²) in [5, 5.41) is 3.07. The molecule has 8 heteroatoms. The quantitative estimate of drug-likeness (QED) is 0.358.